The van der Waals surface area contributed by atoms with E-state index in [0.717, 1.165) is 12.1 Å². The number of nitrogens with zero attached hydrogens (tertiary/aromatic N) is 1. The molecule has 0 aliphatic heterocycles. The SMILES string of the molecule is N#Cc1cc(-c2c(F)cc(F)cc2F)ccc1O. The largest absolute Gasteiger partial charge is 0.507 e. The summed E-state index contributed by atoms with van der Waals surface area (Å²) in [4.78, 5) is 0. The van der Waals surface area contributed by atoms with Crippen molar-refractivity contribution in [2.24, 2.45) is 0 Å². The average Bonchev–Trinajstić information content (AvgIpc) is 2.30. The van der Waals surface area contributed by atoms with Crippen molar-refractivity contribution in [2.75, 3.05) is 0 Å². The van der Waals surface area contributed by atoms with E-state index in [9.17, 15) is 18.3 Å². The third kappa shape index (κ3) is 2.00. The molecule has 0 amide bonds. The number of hydrogen-bond donors (Lipinski definition) is 1. The molecule has 2 nitrogen and oxygen atoms in total. The lowest BCUT2D eigenvalue weighted by molar-refractivity contribution is 0.473. The molecule has 0 fully saturated rings. The Labute approximate surface area is 101 Å². The van der Waals surface area contributed by atoms with Crippen molar-refractivity contribution in [2.45, 2.75) is 0 Å². The summed E-state index contributed by atoms with van der Waals surface area (Å²) in [5.74, 6) is -3.44. The van der Waals surface area contributed by atoms with E-state index in [-0.39, 0.29) is 16.9 Å². The number of rotatable bonds is 1. The number of phenols is 1. The first-order chi connectivity index (χ1) is 8.52. The first kappa shape index (κ1) is 12.0. The minimum Gasteiger partial charge on any atom is -0.507 e. The molecule has 0 atom stereocenters. The van der Waals surface area contributed by atoms with Crippen molar-refractivity contribution < 1.29 is 18.3 Å². The average molecular weight is 249 g/mol. The molecule has 2 aromatic rings. The molecule has 0 aliphatic rings. The highest BCUT2D eigenvalue weighted by Crippen LogP contribution is 2.30. The van der Waals surface area contributed by atoms with Crippen LogP contribution in [0.5, 0.6) is 5.75 Å². The Morgan fingerprint density at radius 2 is 1.61 bits per heavy atom. The Balaban J connectivity index is 2.67. The van der Waals surface area contributed by atoms with Crippen molar-refractivity contribution in [1.82, 2.24) is 0 Å². The molecule has 0 heterocycles. The fourth-order valence-electron chi connectivity index (χ4n) is 1.60. The van der Waals surface area contributed by atoms with Crippen molar-refractivity contribution in [3.8, 4) is 22.9 Å². The van der Waals surface area contributed by atoms with E-state index in [1.807, 2.05) is 0 Å². The van der Waals surface area contributed by atoms with Gasteiger partial charge in [0.25, 0.3) is 0 Å². The van der Waals surface area contributed by atoms with E-state index >= 15 is 0 Å². The predicted molar refractivity (Wildman–Crippen MR) is 58.1 cm³/mol. The molecule has 0 saturated carbocycles. The van der Waals surface area contributed by atoms with Gasteiger partial charge in [-0.3, -0.25) is 0 Å². The summed E-state index contributed by atoms with van der Waals surface area (Å²) in [6.07, 6.45) is 0. The molecule has 90 valence electrons. The highest BCUT2D eigenvalue weighted by atomic mass is 19.1. The van der Waals surface area contributed by atoms with Crippen molar-refractivity contribution in [3.05, 3.63) is 53.3 Å². The Bertz CT molecular complexity index is 639. The van der Waals surface area contributed by atoms with Gasteiger partial charge in [-0.2, -0.15) is 5.26 Å². The van der Waals surface area contributed by atoms with Crippen LogP contribution in [-0.4, -0.2) is 5.11 Å². The van der Waals surface area contributed by atoms with Crippen molar-refractivity contribution in [1.29, 1.82) is 5.26 Å². The van der Waals surface area contributed by atoms with Crippen LogP contribution in [-0.2, 0) is 0 Å². The van der Waals surface area contributed by atoms with Gasteiger partial charge in [-0.25, -0.2) is 13.2 Å². The summed E-state index contributed by atoms with van der Waals surface area (Å²) in [7, 11) is 0. The zero-order valence-corrected chi connectivity index (χ0v) is 8.92. The monoisotopic (exact) mass is 249 g/mol. The quantitative estimate of drug-likeness (QED) is 0.842. The summed E-state index contributed by atoms with van der Waals surface area (Å²) < 4.78 is 39.8. The standard InChI is InChI=1S/C13H6F3NO/c14-9-4-10(15)13(11(16)5-9)7-1-2-12(18)8(3-7)6-17/h1-5,18H. The maximum Gasteiger partial charge on any atom is 0.136 e. The molecule has 0 bridgehead atoms. The highest BCUT2D eigenvalue weighted by molar-refractivity contribution is 5.68. The van der Waals surface area contributed by atoms with Gasteiger partial charge in [-0.1, -0.05) is 6.07 Å². The number of halogens is 3. The zero-order valence-electron chi connectivity index (χ0n) is 8.92. The van der Waals surface area contributed by atoms with Crippen LogP contribution < -0.4 is 0 Å². The van der Waals surface area contributed by atoms with E-state index in [0.29, 0.717) is 12.1 Å². The molecule has 0 aromatic heterocycles. The zero-order chi connectivity index (χ0) is 13.3. The van der Waals surface area contributed by atoms with Crippen LogP contribution in [0.2, 0.25) is 0 Å². The normalized spacial score (nSPS) is 10.1. The molecule has 0 aliphatic carbocycles. The molecule has 2 aromatic carbocycles. The van der Waals surface area contributed by atoms with Gasteiger partial charge in [0.2, 0.25) is 0 Å². The van der Waals surface area contributed by atoms with Gasteiger partial charge in [-0.05, 0) is 17.7 Å². The molecule has 18 heavy (non-hydrogen) atoms. The molecule has 5 heteroatoms. The van der Waals surface area contributed by atoms with Gasteiger partial charge in [0.05, 0.1) is 11.1 Å². The number of phenolic OH excluding ortho intramolecular Hbond substituents is 1. The molecule has 0 radical (unpaired) electrons. The first-order valence-corrected chi connectivity index (χ1v) is 4.91. The van der Waals surface area contributed by atoms with Gasteiger partial charge in [0, 0.05) is 12.1 Å². The van der Waals surface area contributed by atoms with Crippen LogP contribution in [0.25, 0.3) is 11.1 Å². The molecular formula is C13H6F3NO. The predicted octanol–water partition coefficient (Wildman–Crippen LogP) is 3.35. The van der Waals surface area contributed by atoms with Gasteiger partial charge in [0.1, 0.15) is 29.3 Å². The second-order valence-corrected chi connectivity index (χ2v) is 3.59. The number of aromatic hydroxyl groups is 1. The minimum absolute atomic E-state index is 0.0550. The fourth-order valence-corrected chi connectivity index (χ4v) is 1.60. The number of nitriles is 1. The lowest BCUT2D eigenvalue weighted by Gasteiger charge is -2.06. The van der Waals surface area contributed by atoms with E-state index in [1.54, 1.807) is 6.07 Å². The first-order valence-electron chi connectivity index (χ1n) is 4.91. The summed E-state index contributed by atoms with van der Waals surface area (Å²) in [5.41, 5.74) is -0.497. The third-order valence-electron chi connectivity index (χ3n) is 2.41. The summed E-state index contributed by atoms with van der Waals surface area (Å²) in [6, 6.07) is 6.32. The smallest absolute Gasteiger partial charge is 0.136 e. The number of benzene rings is 2. The molecule has 1 N–H and O–H groups in total. The molecule has 0 saturated heterocycles. The second kappa shape index (κ2) is 4.41. The Kier molecular flexibility index (Phi) is 2.94. The van der Waals surface area contributed by atoms with Gasteiger partial charge >= 0.3 is 0 Å². The van der Waals surface area contributed by atoms with E-state index in [1.165, 1.54) is 6.07 Å². The maximum absolute atomic E-state index is 13.5. The summed E-state index contributed by atoms with van der Waals surface area (Å²) in [5, 5.41) is 18.0. The van der Waals surface area contributed by atoms with Crippen molar-refractivity contribution >= 4 is 0 Å². The Morgan fingerprint density at radius 3 is 2.17 bits per heavy atom. The van der Waals surface area contributed by atoms with Gasteiger partial charge in [0.15, 0.2) is 0 Å². The van der Waals surface area contributed by atoms with Crippen LogP contribution in [0, 0.1) is 28.8 Å². The van der Waals surface area contributed by atoms with Gasteiger partial charge < -0.3 is 5.11 Å². The number of hydrogen-bond acceptors (Lipinski definition) is 2. The second-order valence-electron chi connectivity index (χ2n) is 3.59. The fraction of sp³-hybridized carbons (Fsp3) is 0. The summed E-state index contributed by atoms with van der Waals surface area (Å²) >= 11 is 0. The van der Waals surface area contributed by atoms with Crippen LogP contribution in [0.1, 0.15) is 5.56 Å². The van der Waals surface area contributed by atoms with Crippen LogP contribution in [0.3, 0.4) is 0 Å². The molecule has 0 unspecified atom stereocenters. The Hall–Kier alpha value is -2.48. The maximum atomic E-state index is 13.5. The van der Waals surface area contributed by atoms with E-state index < -0.39 is 23.0 Å². The van der Waals surface area contributed by atoms with Crippen LogP contribution in [0.15, 0.2) is 30.3 Å². The highest BCUT2D eigenvalue weighted by Gasteiger charge is 2.14. The van der Waals surface area contributed by atoms with Crippen LogP contribution >= 0.6 is 0 Å². The van der Waals surface area contributed by atoms with Gasteiger partial charge in [-0.15, -0.1) is 0 Å². The molecular weight excluding hydrogens is 243 g/mol. The Morgan fingerprint density at radius 1 is 1.00 bits per heavy atom. The van der Waals surface area contributed by atoms with E-state index in [2.05, 4.69) is 0 Å². The minimum atomic E-state index is -1.07. The third-order valence-corrected chi connectivity index (χ3v) is 2.41. The summed E-state index contributed by atoms with van der Waals surface area (Å²) in [6.45, 7) is 0. The van der Waals surface area contributed by atoms with Crippen molar-refractivity contribution in [3.63, 3.8) is 0 Å². The lowest BCUT2D eigenvalue weighted by atomic mass is 10.0. The van der Waals surface area contributed by atoms with E-state index in [4.69, 9.17) is 5.26 Å². The van der Waals surface area contributed by atoms with Crippen LogP contribution in [0.4, 0.5) is 13.2 Å². The molecule has 0 spiro atoms. The molecule has 2 rings (SSSR count). The lowest BCUT2D eigenvalue weighted by Crippen LogP contribution is -1.93. The topological polar surface area (TPSA) is 44.0 Å².